The lowest BCUT2D eigenvalue weighted by Gasteiger charge is -2.45. The van der Waals surface area contributed by atoms with Gasteiger partial charge in [-0.15, -0.1) is 0 Å². The summed E-state index contributed by atoms with van der Waals surface area (Å²) in [5.41, 5.74) is 2.02. The Balaban J connectivity index is 2.17. The molecule has 1 heterocycles. The molecule has 0 saturated carbocycles. The van der Waals surface area contributed by atoms with Gasteiger partial charge in [-0.2, -0.15) is 0 Å². The third kappa shape index (κ3) is 9.45. The fraction of sp³-hybridized carbons (Fsp3) is 0.438. The maximum atomic E-state index is 12.4. The summed E-state index contributed by atoms with van der Waals surface area (Å²) < 4.78 is 39.8. The summed E-state index contributed by atoms with van der Waals surface area (Å²) in [5.74, 6) is -1.76. The van der Waals surface area contributed by atoms with Crippen LogP contribution in [0.25, 0.3) is 0 Å². The van der Waals surface area contributed by atoms with Crippen LogP contribution in [0.3, 0.4) is 0 Å². The van der Waals surface area contributed by atoms with Crippen molar-refractivity contribution >= 4 is 35.5 Å². The van der Waals surface area contributed by atoms with Crippen LogP contribution in [0, 0.1) is 0 Å². The molecule has 0 spiro atoms. The highest BCUT2D eigenvalue weighted by Gasteiger charge is 2.53. The van der Waals surface area contributed by atoms with Crippen molar-refractivity contribution in [2.75, 3.05) is 19.8 Å². The number of ether oxygens (including phenoxy) is 7. The van der Waals surface area contributed by atoms with Gasteiger partial charge in [0.05, 0.1) is 6.61 Å². The number of rotatable bonds is 13. The SMILES string of the molecule is C=CCOc1cc(Cl)c(Cc2ccc(OCC)cc2)cc1C1OC(COC(C)=O)C(OC(C)=O)C(OC(C)=O)C1OC(C)=O. The van der Waals surface area contributed by atoms with Gasteiger partial charge in [0, 0.05) is 38.3 Å². The van der Waals surface area contributed by atoms with Crippen molar-refractivity contribution in [2.24, 2.45) is 0 Å². The summed E-state index contributed by atoms with van der Waals surface area (Å²) in [7, 11) is 0. The molecule has 0 radical (unpaired) electrons. The Kier molecular flexibility index (Phi) is 12.6. The molecule has 2 aromatic rings. The molecule has 12 heteroatoms. The van der Waals surface area contributed by atoms with Gasteiger partial charge < -0.3 is 33.2 Å². The largest absolute Gasteiger partial charge is 0.494 e. The molecule has 1 aliphatic heterocycles. The van der Waals surface area contributed by atoms with E-state index in [9.17, 15) is 19.2 Å². The lowest BCUT2D eigenvalue weighted by atomic mass is 9.88. The van der Waals surface area contributed by atoms with E-state index >= 15 is 0 Å². The standard InChI is InChI=1S/C32H37ClO11/c1-7-13-39-27-16-26(33)23(14-22-9-11-24(12-10-22)38-8-2)15-25(27)29-31(42-20(5)36)32(43-21(6)37)30(41-19(4)35)28(44-29)17-40-18(3)34/h7,9-12,15-16,28-32H,1,8,13-14,17H2,2-6H3. The molecule has 5 atom stereocenters. The molecule has 0 amide bonds. The molecule has 0 N–H and O–H groups in total. The van der Waals surface area contributed by atoms with Crippen molar-refractivity contribution in [3.63, 3.8) is 0 Å². The molecule has 1 saturated heterocycles. The predicted molar refractivity (Wildman–Crippen MR) is 158 cm³/mol. The van der Waals surface area contributed by atoms with Crippen LogP contribution >= 0.6 is 11.6 Å². The van der Waals surface area contributed by atoms with Gasteiger partial charge in [-0.25, -0.2) is 0 Å². The molecule has 44 heavy (non-hydrogen) atoms. The van der Waals surface area contributed by atoms with Crippen LogP contribution in [0.5, 0.6) is 11.5 Å². The normalized spacial score (nSPS) is 21.0. The Hall–Kier alpha value is -4.09. The lowest BCUT2D eigenvalue weighted by Crippen LogP contribution is -2.59. The summed E-state index contributed by atoms with van der Waals surface area (Å²) in [6, 6.07) is 10.9. The highest BCUT2D eigenvalue weighted by Crippen LogP contribution is 2.43. The zero-order chi connectivity index (χ0) is 32.4. The van der Waals surface area contributed by atoms with Crippen molar-refractivity contribution in [3.05, 3.63) is 70.8 Å². The maximum Gasteiger partial charge on any atom is 0.303 e. The Morgan fingerprint density at radius 1 is 0.864 bits per heavy atom. The second-order valence-corrected chi connectivity index (χ2v) is 10.4. The smallest absolute Gasteiger partial charge is 0.303 e. The van der Waals surface area contributed by atoms with Gasteiger partial charge in [-0.1, -0.05) is 36.4 Å². The molecule has 1 aliphatic rings. The summed E-state index contributed by atoms with van der Waals surface area (Å²) in [5, 5.41) is 0.396. The molecule has 0 aromatic heterocycles. The second kappa shape index (κ2) is 16.1. The summed E-state index contributed by atoms with van der Waals surface area (Å²) in [6.45, 7) is 10.6. The quantitative estimate of drug-likeness (QED) is 0.173. The Morgan fingerprint density at radius 3 is 2.05 bits per heavy atom. The van der Waals surface area contributed by atoms with E-state index < -0.39 is 54.4 Å². The van der Waals surface area contributed by atoms with Crippen LogP contribution in [0.4, 0.5) is 0 Å². The van der Waals surface area contributed by atoms with Crippen LogP contribution < -0.4 is 9.47 Å². The average Bonchev–Trinajstić information content (AvgIpc) is 2.94. The van der Waals surface area contributed by atoms with Crippen LogP contribution in [-0.4, -0.2) is 68.1 Å². The van der Waals surface area contributed by atoms with Crippen LogP contribution in [0.1, 0.15) is 57.4 Å². The fourth-order valence-corrected chi connectivity index (χ4v) is 5.04. The van der Waals surface area contributed by atoms with Crippen LogP contribution in [0.2, 0.25) is 5.02 Å². The maximum absolute atomic E-state index is 12.4. The molecular formula is C32H37ClO11. The van der Waals surface area contributed by atoms with Gasteiger partial charge in [0.2, 0.25) is 0 Å². The minimum absolute atomic E-state index is 0.104. The Labute approximate surface area is 261 Å². The molecule has 238 valence electrons. The lowest BCUT2D eigenvalue weighted by molar-refractivity contribution is -0.254. The number of hydrogen-bond acceptors (Lipinski definition) is 11. The second-order valence-electron chi connectivity index (χ2n) is 9.95. The molecular weight excluding hydrogens is 596 g/mol. The van der Waals surface area contributed by atoms with Crippen molar-refractivity contribution in [1.29, 1.82) is 0 Å². The number of carbonyl (C=O) groups excluding carboxylic acids is 4. The molecule has 0 aliphatic carbocycles. The first-order valence-corrected chi connectivity index (χ1v) is 14.4. The minimum Gasteiger partial charge on any atom is -0.494 e. The van der Waals surface area contributed by atoms with E-state index in [1.165, 1.54) is 13.8 Å². The topological polar surface area (TPSA) is 133 Å². The minimum atomic E-state index is -1.34. The van der Waals surface area contributed by atoms with E-state index in [4.69, 9.17) is 44.8 Å². The summed E-state index contributed by atoms with van der Waals surface area (Å²) in [4.78, 5) is 48.5. The average molecular weight is 633 g/mol. The summed E-state index contributed by atoms with van der Waals surface area (Å²) in [6.07, 6.45) is -4.25. The Bertz CT molecular complexity index is 1340. The molecule has 2 aromatic carbocycles. The van der Waals surface area contributed by atoms with Crippen LogP contribution in [-0.2, 0) is 49.3 Å². The van der Waals surface area contributed by atoms with Crippen molar-refractivity contribution in [1.82, 2.24) is 0 Å². The van der Waals surface area contributed by atoms with E-state index in [0.29, 0.717) is 29.2 Å². The van der Waals surface area contributed by atoms with E-state index in [1.807, 2.05) is 31.2 Å². The highest BCUT2D eigenvalue weighted by atomic mass is 35.5. The third-order valence-electron chi connectivity index (χ3n) is 6.46. The first-order chi connectivity index (χ1) is 20.9. The predicted octanol–water partition coefficient (Wildman–Crippen LogP) is 4.69. The highest BCUT2D eigenvalue weighted by molar-refractivity contribution is 6.31. The van der Waals surface area contributed by atoms with Crippen LogP contribution in [0.15, 0.2) is 49.1 Å². The fourth-order valence-electron chi connectivity index (χ4n) is 4.82. The monoisotopic (exact) mass is 632 g/mol. The zero-order valence-corrected chi connectivity index (χ0v) is 26.1. The molecule has 0 bridgehead atoms. The van der Waals surface area contributed by atoms with Crippen molar-refractivity contribution in [2.45, 2.75) is 71.6 Å². The third-order valence-corrected chi connectivity index (χ3v) is 6.81. The molecule has 11 nitrogen and oxygen atoms in total. The Morgan fingerprint density at radius 2 is 1.48 bits per heavy atom. The first-order valence-electron chi connectivity index (χ1n) is 14.0. The van der Waals surface area contributed by atoms with E-state index in [2.05, 4.69) is 6.58 Å². The number of esters is 4. The van der Waals surface area contributed by atoms with Gasteiger partial charge in [0.1, 0.15) is 36.9 Å². The van der Waals surface area contributed by atoms with E-state index in [0.717, 1.165) is 25.2 Å². The van der Waals surface area contributed by atoms with E-state index in [-0.39, 0.29) is 19.0 Å². The zero-order valence-electron chi connectivity index (χ0n) is 25.3. The number of carbonyl (C=O) groups is 4. The van der Waals surface area contributed by atoms with Gasteiger partial charge in [-0.3, -0.25) is 19.2 Å². The van der Waals surface area contributed by atoms with Gasteiger partial charge in [-0.05, 0) is 48.7 Å². The molecule has 3 rings (SSSR count). The van der Waals surface area contributed by atoms with Gasteiger partial charge in [0.25, 0.3) is 0 Å². The van der Waals surface area contributed by atoms with Crippen molar-refractivity contribution in [3.8, 4) is 11.5 Å². The van der Waals surface area contributed by atoms with E-state index in [1.54, 1.807) is 18.2 Å². The molecule has 1 fully saturated rings. The number of benzene rings is 2. The number of halogens is 1. The summed E-state index contributed by atoms with van der Waals surface area (Å²) >= 11 is 6.72. The molecule has 5 unspecified atom stereocenters. The number of hydrogen-bond donors (Lipinski definition) is 0. The van der Waals surface area contributed by atoms with Gasteiger partial charge in [0.15, 0.2) is 18.3 Å². The van der Waals surface area contributed by atoms with Gasteiger partial charge >= 0.3 is 23.9 Å². The van der Waals surface area contributed by atoms with Crippen molar-refractivity contribution < 1.29 is 52.3 Å². The first kappa shape index (κ1) is 34.4.